The molecule has 11 heteroatoms. The van der Waals surface area contributed by atoms with Crippen LogP contribution >= 0.6 is 0 Å². The van der Waals surface area contributed by atoms with E-state index < -0.39 is 21.6 Å². The second-order valence-electron chi connectivity index (χ2n) is 8.60. The number of hydrogen-bond donors (Lipinski definition) is 0. The van der Waals surface area contributed by atoms with Gasteiger partial charge in [0.15, 0.2) is 15.7 Å². The maximum Gasteiger partial charge on any atom is 0.254 e. The number of benzene rings is 2. The molecule has 0 N–H and O–H groups in total. The fourth-order valence-corrected chi connectivity index (χ4v) is 5.47. The minimum absolute atomic E-state index is 0.0123. The fourth-order valence-electron chi connectivity index (χ4n) is 4.26. The predicted octanol–water partition coefficient (Wildman–Crippen LogP) is 4.03. The summed E-state index contributed by atoms with van der Waals surface area (Å²) in [7, 11) is -2.16. The number of sulfone groups is 1. The third kappa shape index (κ3) is 5.61. The molecule has 1 amide bonds. The summed E-state index contributed by atoms with van der Waals surface area (Å²) < 4.78 is 35.6. The molecule has 1 fully saturated rings. The molecule has 5 rings (SSSR count). The third-order valence-electron chi connectivity index (χ3n) is 5.94. The van der Waals surface area contributed by atoms with E-state index in [1.807, 2.05) is 42.5 Å². The van der Waals surface area contributed by atoms with Gasteiger partial charge in [-0.25, -0.2) is 8.42 Å². The first-order chi connectivity index (χ1) is 17.9. The van der Waals surface area contributed by atoms with Crippen LogP contribution in [0.1, 0.15) is 40.3 Å². The van der Waals surface area contributed by atoms with Crippen molar-refractivity contribution in [2.24, 2.45) is 5.16 Å². The molecule has 37 heavy (non-hydrogen) atoms. The lowest BCUT2D eigenvalue weighted by molar-refractivity contribution is 0.0713. The van der Waals surface area contributed by atoms with Gasteiger partial charge in [0.25, 0.3) is 5.91 Å². The molecule has 0 unspecified atom stereocenters. The number of nitrogens with zero attached hydrogens (tertiary/aromatic N) is 4. The monoisotopic (exact) mass is 520 g/mol. The van der Waals surface area contributed by atoms with E-state index in [0.29, 0.717) is 23.5 Å². The standard InChI is InChI=1S/C26H24N4O6S/c1-34-28-21-14-23(25-27-24(29-36-25)17-37(32,33)16-22-8-5-13-35-22)30(15-21)26(31)20-11-9-19(10-12-20)18-6-3-2-4-7-18/h2-13,23H,14-17H2,1H3/b28-21-/t23-/m0/s1. The van der Waals surface area contributed by atoms with Crippen LogP contribution in [-0.4, -0.2) is 48.7 Å². The molecule has 0 bridgehead atoms. The van der Waals surface area contributed by atoms with Gasteiger partial charge in [0.05, 0.1) is 18.5 Å². The van der Waals surface area contributed by atoms with E-state index >= 15 is 0 Å². The Bertz CT molecular complexity index is 1500. The van der Waals surface area contributed by atoms with Crippen LogP contribution in [0.5, 0.6) is 0 Å². The Balaban J connectivity index is 1.35. The maximum atomic E-state index is 13.5. The Labute approximate surface area is 213 Å². The van der Waals surface area contributed by atoms with E-state index in [1.54, 1.807) is 29.2 Å². The van der Waals surface area contributed by atoms with Crippen molar-refractivity contribution in [3.05, 3.63) is 96.0 Å². The van der Waals surface area contributed by atoms with Gasteiger partial charge in [-0.05, 0) is 35.4 Å². The quantitative estimate of drug-likeness (QED) is 0.319. The fraction of sp³-hybridized carbons (Fsp3) is 0.231. The zero-order valence-electron chi connectivity index (χ0n) is 20.0. The highest BCUT2D eigenvalue weighted by Crippen LogP contribution is 2.32. The van der Waals surface area contributed by atoms with Gasteiger partial charge < -0.3 is 18.7 Å². The van der Waals surface area contributed by atoms with E-state index in [2.05, 4.69) is 15.3 Å². The first kappa shape index (κ1) is 24.4. The van der Waals surface area contributed by atoms with Crippen molar-refractivity contribution >= 4 is 21.5 Å². The maximum absolute atomic E-state index is 13.5. The van der Waals surface area contributed by atoms with Crippen LogP contribution in [-0.2, 0) is 26.2 Å². The van der Waals surface area contributed by atoms with Crippen LogP contribution in [0, 0.1) is 0 Å². The molecule has 1 aliphatic rings. The van der Waals surface area contributed by atoms with Crippen LogP contribution in [0.4, 0.5) is 0 Å². The summed E-state index contributed by atoms with van der Waals surface area (Å²) in [5.74, 6) is -0.456. The van der Waals surface area contributed by atoms with Crippen molar-refractivity contribution < 1.29 is 27.0 Å². The number of likely N-dealkylation sites (tertiary alicyclic amines) is 1. The molecule has 2 aromatic heterocycles. The number of rotatable bonds is 8. The second-order valence-corrected chi connectivity index (χ2v) is 10.7. The normalized spacial score (nSPS) is 16.8. The van der Waals surface area contributed by atoms with Crippen molar-refractivity contribution in [1.82, 2.24) is 15.0 Å². The molecule has 0 radical (unpaired) electrons. The van der Waals surface area contributed by atoms with Gasteiger partial charge in [-0.2, -0.15) is 4.98 Å². The van der Waals surface area contributed by atoms with Crippen LogP contribution in [0.2, 0.25) is 0 Å². The highest BCUT2D eigenvalue weighted by molar-refractivity contribution is 7.89. The lowest BCUT2D eigenvalue weighted by atomic mass is 10.0. The smallest absolute Gasteiger partial charge is 0.254 e. The Kier molecular flexibility index (Phi) is 6.87. The predicted molar refractivity (Wildman–Crippen MR) is 134 cm³/mol. The second kappa shape index (κ2) is 10.4. The molecule has 1 saturated heterocycles. The largest absolute Gasteiger partial charge is 0.468 e. The van der Waals surface area contributed by atoms with Gasteiger partial charge in [0.2, 0.25) is 5.89 Å². The lowest BCUT2D eigenvalue weighted by Gasteiger charge is -2.21. The molecule has 0 spiro atoms. The van der Waals surface area contributed by atoms with E-state index in [-0.39, 0.29) is 29.9 Å². The van der Waals surface area contributed by atoms with Crippen molar-refractivity contribution in [3.8, 4) is 11.1 Å². The van der Waals surface area contributed by atoms with E-state index in [1.165, 1.54) is 13.4 Å². The topological polar surface area (TPSA) is 128 Å². The summed E-state index contributed by atoms with van der Waals surface area (Å²) in [6.07, 6.45) is 1.74. The van der Waals surface area contributed by atoms with Gasteiger partial charge in [-0.15, -0.1) is 0 Å². The number of furan rings is 1. The first-order valence-corrected chi connectivity index (χ1v) is 13.3. The summed E-state index contributed by atoms with van der Waals surface area (Å²) in [6.45, 7) is 0.215. The van der Waals surface area contributed by atoms with Gasteiger partial charge in [-0.3, -0.25) is 4.79 Å². The summed E-state index contributed by atoms with van der Waals surface area (Å²) >= 11 is 0. The number of hydrogen-bond acceptors (Lipinski definition) is 9. The Hall–Kier alpha value is -4.25. The molecular formula is C26H24N4O6S. The van der Waals surface area contributed by atoms with Crippen LogP contribution in [0.15, 0.2) is 87.1 Å². The zero-order valence-corrected chi connectivity index (χ0v) is 20.8. The molecule has 1 atom stereocenters. The number of amides is 1. The molecule has 3 heterocycles. The number of carbonyl (C=O) groups is 1. The van der Waals surface area contributed by atoms with Crippen LogP contribution in [0.25, 0.3) is 11.1 Å². The van der Waals surface area contributed by atoms with Crippen molar-refractivity contribution in [2.45, 2.75) is 24.0 Å². The van der Waals surface area contributed by atoms with E-state index in [9.17, 15) is 13.2 Å². The number of aromatic nitrogens is 2. The highest BCUT2D eigenvalue weighted by atomic mass is 32.2. The van der Waals surface area contributed by atoms with Crippen molar-refractivity contribution in [2.75, 3.05) is 13.7 Å². The van der Waals surface area contributed by atoms with Crippen LogP contribution < -0.4 is 0 Å². The molecule has 0 saturated carbocycles. The SMILES string of the molecule is CO/N=C1/C[C@@H](c2nc(CS(=O)(=O)Cc3ccco3)no2)N(C(=O)c2ccc(-c3ccccc3)cc2)C1. The molecule has 1 aliphatic heterocycles. The summed E-state index contributed by atoms with van der Waals surface area (Å²) in [4.78, 5) is 24.3. The average molecular weight is 521 g/mol. The summed E-state index contributed by atoms with van der Waals surface area (Å²) in [6, 6.07) is 19.8. The molecule has 190 valence electrons. The minimum Gasteiger partial charge on any atom is -0.468 e. The average Bonchev–Trinajstić information content (AvgIpc) is 3.66. The first-order valence-electron chi connectivity index (χ1n) is 11.5. The summed E-state index contributed by atoms with van der Waals surface area (Å²) in [5.41, 5.74) is 3.17. The highest BCUT2D eigenvalue weighted by Gasteiger charge is 2.38. The third-order valence-corrected chi connectivity index (χ3v) is 7.36. The minimum atomic E-state index is -3.59. The molecule has 4 aromatic rings. The van der Waals surface area contributed by atoms with Gasteiger partial charge in [0.1, 0.15) is 30.4 Å². The van der Waals surface area contributed by atoms with E-state index in [0.717, 1.165) is 11.1 Å². The molecule has 2 aromatic carbocycles. The van der Waals surface area contributed by atoms with Crippen molar-refractivity contribution in [1.29, 1.82) is 0 Å². The number of oxime groups is 1. The Morgan fingerprint density at radius 1 is 1.05 bits per heavy atom. The van der Waals surface area contributed by atoms with E-state index in [4.69, 9.17) is 13.8 Å². The Morgan fingerprint density at radius 3 is 2.51 bits per heavy atom. The van der Waals surface area contributed by atoms with Gasteiger partial charge >= 0.3 is 0 Å². The molecule has 10 nitrogen and oxygen atoms in total. The number of carbonyl (C=O) groups excluding carboxylic acids is 1. The van der Waals surface area contributed by atoms with Gasteiger partial charge in [-0.1, -0.05) is 52.8 Å². The van der Waals surface area contributed by atoms with Crippen LogP contribution in [0.3, 0.4) is 0 Å². The summed E-state index contributed by atoms with van der Waals surface area (Å²) in [5, 5.41) is 7.87. The molecule has 0 aliphatic carbocycles. The zero-order chi connectivity index (χ0) is 25.8. The van der Waals surface area contributed by atoms with Crippen molar-refractivity contribution in [3.63, 3.8) is 0 Å². The lowest BCUT2D eigenvalue weighted by Crippen LogP contribution is -2.31. The van der Waals surface area contributed by atoms with Gasteiger partial charge in [0, 0.05) is 12.0 Å². The molecular weight excluding hydrogens is 496 g/mol. The Morgan fingerprint density at radius 2 is 1.81 bits per heavy atom.